The van der Waals surface area contributed by atoms with Gasteiger partial charge in [-0.15, -0.1) is 0 Å². The predicted octanol–water partition coefficient (Wildman–Crippen LogP) is 2.53. The van der Waals surface area contributed by atoms with Gasteiger partial charge in [0.1, 0.15) is 6.61 Å². The molecule has 0 aromatic heterocycles. The first-order valence-electron chi connectivity index (χ1n) is 10.5. The number of carbonyl (C=O) groups is 1. The molecule has 3 saturated carbocycles. The third-order valence-electron chi connectivity index (χ3n) is 6.74. The predicted molar refractivity (Wildman–Crippen MR) is 105 cm³/mol. The van der Waals surface area contributed by atoms with Crippen LogP contribution in [0.2, 0.25) is 0 Å². The van der Waals surface area contributed by atoms with Gasteiger partial charge in [0.05, 0.1) is 18.8 Å². The van der Waals surface area contributed by atoms with Crippen LogP contribution < -0.4 is 0 Å². The van der Waals surface area contributed by atoms with Gasteiger partial charge in [-0.2, -0.15) is 0 Å². The lowest BCUT2D eigenvalue weighted by atomic mass is 9.89. The van der Waals surface area contributed by atoms with E-state index in [4.69, 9.17) is 4.74 Å². The summed E-state index contributed by atoms with van der Waals surface area (Å²) in [5.74, 6) is 1.50. The molecular formula is C22H35NO4. The van der Waals surface area contributed by atoms with Gasteiger partial charge in [-0.25, -0.2) is 0 Å². The zero-order valence-electron chi connectivity index (χ0n) is 16.7. The van der Waals surface area contributed by atoms with E-state index in [2.05, 4.69) is 12.2 Å². The van der Waals surface area contributed by atoms with Gasteiger partial charge in [0.2, 0.25) is 5.91 Å². The number of aliphatic hydroxyl groups is 2. The van der Waals surface area contributed by atoms with E-state index in [1.807, 2.05) is 6.08 Å². The summed E-state index contributed by atoms with van der Waals surface area (Å²) in [7, 11) is 3.45. The van der Waals surface area contributed by atoms with Crippen LogP contribution in [0.4, 0.5) is 0 Å². The fourth-order valence-corrected chi connectivity index (χ4v) is 5.09. The number of nitrogens with zero attached hydrogens (tertiary/aromatic N) is 1. The number of likely N-dealkylation sites (N-methyl/N-ethyl adjacent to an activating group) is 1. The van der Waals surface area contributed by atoms with Crippen LogP contribution in [-0.2, 0) is 9.53 Å². The van der Waals surface area contributed by atoms with Gasteiger partial charge in [-0.1, -0.05) is 36.6 Å². The number of hydrogen-bond donors (Lipinski definition) is 2. The van der Waals surface area contributed by atoms with E-state index in [0.29, 0.717) is 24.4 Å². The Morgan fingerprint density at radius 3 is 2.74 bits per heavy atom. The summed E-state index contributed by atoms with van der Waals surface area (Å²) in [4.78, 5) is 13.1. The minimum absolute atomic E-state index is 0.0224. The van der Waals surface area contributed by atoms with Gasteiger partial charge in [0.25, 0.3) is 0 Å². The van der Waals surface area contributed by atoms with Crippen molar-refractivity contribution in [2.24, 2.45) is 23.7 Å². The van der Waals surface area contributed by atoms with Crippen LogP contribution >= 0.6 is 0 Å². The molecule has 3 aliphatic carbocycles. The van der Waals surface area contributed by atoms with Crippen molar-refractivity contribution in [3.8, 4) is 0 Å². The number of rotatable bonds is 7. The van der Waals surface area contributed by atoms with E-state index < -0.39 is 0 Å². The van der Waals surface area contributed by atoms with Crippen LogP contribution in [0.1, 0.15) is 44.9 Å². The lowest BCUT2D eigenvalue weighted by molar-refractivity contribution is -0.133. The van der Waals surface area contributed by atoms with Crippen molar-refractivity contribution in [1.29, 1.82) is 0 Å². The summed E-state index contributed by atoms with van der Waals surface area (Å²) in [5.41, 5.74) is 1.38. The molecule has 0 heterocycles. The van der Waals surface area contributed by atoms with Gasteiger partial charge >= 0.3 is 0 Å². The summed E-state index contributed by atoms with van der Waals surface area (Å²) < 4.78 is 5.46. The van der Waals surface area contributed by atoms with Crippen molar-refractivity contribution >= 4 is 5.91 Å². The molecule has 0 bridgehead atoms. The second-order valence-corrected chi connectivity index (χ2v) is 8.80. The molecule has 0 aliphatic heterocycles. The minimum Gasteiger partial charge on any atom is -0.392 e. The Balaban J connectivity index is 1.49. The third-order valence-corrected chi connectivity index (χ3v) is 6.74. The second-order valence-electron chi connectivity index (χ2n) is 8.80. The van der Waals surface area contributed by atoms with Crippen LogP contribution in [0.3, 0.4) is 0 Å². The van der Waals surface area contributed by atoms with Crippen molar-refractivity contribution in [3.63, 3.8) is 0 Å². The second kappa shape index (κ2) is 9.35. The van der Waals surface area contributed by atoms with Gasteiger partial charge < -0.3 is 19.8 Å². The van der Waals surface area contributed by atoms with Crippen LogP contribution in [0, 0.1) is 23.7 Å². The first-order chi connectivity index (χ1) is 13.0. The SMILES string of the molecule is CN(C)C(=O)COCC=C1C[C@H]2C[C@@H](O)[C@H](C=C[C@@H](O)C3CCCC3)[C@H]2C1. The number of ether oxygens (including phenoxy) is 1. The summed E-state index contributed by atoms with van der Waals surface area (Å²) >= 11 is 0. The molecule has 1 amide bonds. The van der Waals surface area contributed by atoms with E-state index in [-0.39, 0.29) is 30.6 Å². The van der Waals surface area contributed by atoms with Crippen LogP contribution in [0.5, 0.6) is 0 Å². The Kier molecular flexibility index (Phi) is 7.12. The highest BCUT2D eigenvalue weighted by atomic mass is 16.5. The van der Waals surface area contributed by atoms with Crippen molar-refractivity contribution in [2.75, 3.05) is 27.3 Å². The highest BCUT2D eigenvalue weighted by Gasteiger charge is 2.45. The van der Waals surface area contributed by atoms with Crippen molar-refractivity contribution in [3.05, 3.63) is 23.8 Å². The lowest BCUT2D eigenvalue weighted by Crippen LogP contribution is -2.26. The van der Waals surface area contributed by atoms with E-state index >= 15 is 0 Å². The highest BCUT2D eigenvalue weighted by molar-refractivity contribution is 5.76. The summed E-state index contributed by atoms with van der Waals surface area (Å²) in [6.07, 6.45) is 13.0. The van der Waals surface area contributed by atoms with E-state index in [0.717, 1.165) is 32.1 Å². The van der Waals surface area contributed by atoms with E-state index in [1.165, 1.54) is 23.3 Å². The van der Waals surface area contributed by atoms with Crippen molar-refractivity contribution in [2.45, 2.75) is 57.2 Å². The van der Waals surface area contributed by atoms with E-state index in [1.54, 1.807) is 14.1 Å². The largest absolute Gasteiger partial charge is 0.392 e. The van der Waals surface area contributed by atoms with Gasteiger partial charge in [0.15, 0.2) is 0 Å². The summed E-state index contributed by atoms with van der Waals surface area (Å²) in [6.45, 7) is 0.588. The molecule has 0 spiro atoms. The molecular weight excluding hydrogens is 342 g/mol. The number of fused-ring (bicyclic) bond motifs is 1. The molecule has 152 valence electrons. The molecule has 3 rings (SSSR count). The maximum atomic E-state index is 11.5. The molecule has 27 heavy (non-hydrogen) atoms. The fraction of sp³-hybridized carbons (Fsp3) is 0.773. The Morgan fingerprint density at radius 1 is 1.30 bits per heavy atom. The van der Waals surface area contributed by atoms with Gasteiger partial charge in [-0.05, 0) is 49.9 Å². The first kappa shape index (κ1) is 20.6. The summed E-state index contributed by atoms with van der Waals surface area (Å²) in [5, 5.41) is 20.9. The molecule has 0 aromatic carbocycles. The average molecular weight is 378 g/mol. The Hall–Kier alpha value is -1.17. The lowest BCUT2D eigenvalue weighted by Gasteiger charge is -2.19. The molecule has 3 aliphatic rings. The zero-order chi connectivity index (χ0) is 19.4. The van der Waals surface area contributed by atoms with Crippen LogP contribution in [0.15, 0.2) is 23.8 Å². The number of allylic oxidation sites excluding steroid dienone is 1. The number of aliphatic hydroxyl groups excluding tert-OH is 2. The minimum atomic E-state index is -0.363. The molecule has 0 saturated heterocycles. The Morgan fingerprint density at radius 2 is 2.04 bits per heavy atom. The molecule has 5 heteroatoms. The monoisotopic (exact) mass is 377 g/mol. The Bertz CT molecular complexity index is 565. The van der Waals surface area contributed by atoms with E-state index in [9.17, 15) is 15.0 Å². The number of hydrogen-bond acceptors (Lipinski definition) is 4. The number of carbonyl (C=O) groups excluding carboxylic acids is 1. The molecule has 5 atom stereocenters. The summed E-state index contributed by atoms with van der Waals surface area (Å²) in [6, 6.07) is 0. The third kappa shape index (κ3) is 5.21. The normalized spacial score (nSPS) is 33.9. The van der Waals surface area contributed by atoms with Crippen molar-refractivity contribution in [1.82, 2.24) is 4.90 Å². The molecule has 5 nitrogen and oxygen atoms in total. The average Bonchev–Trinajstić information content (AvgIpc) is 3.33. The maximum Gasteiger partial charge on any atom is 0.248 e. The fourth-order valence-electron chi connectivity index (χ4n) is 5.09. The standard InChI is InChI=1S/C22H35NO4/c1-23(2)22(26)14-27-10-9-15-11-17-13-21(25)18(19(17)12-15)7-8-20(24)16-5-3-4-6-16/h7-9,16-21,24-25H,3-6,10-14H2,1-2H3/t17-,18+,19-,20+,21+/m0/s1. The number of amides is 1. The zero-order valence-corrected chi connectivity index (χ0v) is 16.7. The molecule has 0 aromatic rings. The maximum absolute atomic E-state index is 11.5. The van der Waals surface area contributed by atoms with Gasteiger partial charge in [0, 0.05) is 20.0 Å². The highest BCUT2D eigenvalue weighted by Crippen LogP contribution is 2.50. The molecule has 0 unspecified atom stereocenters. The quantitative estimate of drug-likeness (QED) is 0.528. The molecule has 3 fully saturated rings. The smallest absolute Gasteiger partial charge is 0.248 e. The topological polar surface area (TPSA) is 70.0 Å². The Labute approximate surface area is 163 Å². The molecule has 0 radical (unpaired) electrons. The molecule has 2 N–H and O–H groups in total. The van der Waals surface area contributed by atoms with Crippen LogP contribution in [0.25, 0.3) is 0 Å². The van der Waals surface area contributed by atoms with Gasteiger partial charge in [-0.3, -0.25) is 4.79 Å². The van der Waals surface area contributed by atoms with Crippen molar-refractivity contribution < 1.29 is 19.7 Å². The van der Waals surface area contributed by atoms with Crippen LogP contribution in [-0.4, -0.2) is 60.5 Å². The first-order valence-corrected chi connectivity index (χ1v) is 10.5.